The Labute approximate surface area is 196 Å². The SMILES string of the molecule is C=CCN(CC(=O)O)C(=O)c1cc(NC(=O)OCC2c3ccccc3-c3ccccc32)n(C)n1. The van der Waals surface area contributed by atoms with Crippen LogP contribution in [-0.2, 0) is 16.6 Å². The van der Waals surface area contributed by atoms with E-state index in [1.165, 1.54) is 16.8 Å². The van der Waals surface area contributed by atoms with Gasteiger partial charge in [-0.05, 0) is 22.3 Å². The van der Waals surface area contributed by atoms with Crippen molar-refractivity contribution in [2.45, 2.75) is 5.92 Å². The van der Waals surface area contributed by atoms with E-state index in [-0.39, 0.29) is 30.6 Å². The summed E-state index contributed by atoms with van der Waals surface area (Å²) in [6.07, 6.45) is 0.747. The Morgan fingerprint density at radius 1 is 1.15 bits per heavy atom. The highest BCUT2D eigenvalue weighted by molar-refractivity contribution is 5.96. The van der Waals surface area contributed by atoms with Crippen molar-refractivity contribution in [2.24, 2.45) is 7.05 Å². The quantitative estimate of drug-likeness (QED) is 0.498. The number of carboxylic acid groups (broad SMARTS) is 1. The fourth-order valence-electron chi connectivity index (χ4n) is 4.13. The summed E-state index contributed by atoms with van der Waals surface area (Å²) in [4.78, 5) is 37.3. The molecule has 4 rings (SSSR count). The summed E-state index contributed by atoms with van der Waals surface area (Å²) >= 11 is 0. The summed E-state index contributed by atoms with van der Waals surface area (Å²) in [6.45, 7) is 3.25. The molecule has 0 saturated carbocycles. The number of aromatic nitrogens is 2. The maximum atomic E-state index is 12.7. The van der Waals surface area contributed by atoms with Crippen LogP contribution in [0.1, 0.15) is 27.5 Å². The normalized spacial score (nSPS) is 11.9. The van der Waals surface area contributed by atoms with Crippen molar-refractivity contribution in [3.05, 3.63) is 84.1 Å². The molecule has 1 aliphatic carbocycles. The Morgan fingerprint density at radius 2 is 1.76 bits per heavy atom. The van der Waals surface area contributed by atoms with E-state index < -0.39 is 24.5 Å². The summed E-state index contributed by atoms with van der Waals surface area (Å²) in [7, 11) is 1.56. The van der Waals surface area contributed by atoms with Crippen LogP contribution >= 0.6 is 0 Å². The number of amides is 2. The summed E-state index contributed by atoms with van der Waals surface area (Å²) in [5, 5.41) is 15.7. The molecule has 2 aromatic carbocycles. The minimum absolute atomic E-state index is 0.000419. The van der Waals surface area contributed by atoms with Gasteiger partial charge in [-0.3, -0.25) is 19.6 Å². The predicted octanol–water partition coefficient (Wildman–Crippen LogP) is 3.49. The van der Waals surface area contributed by atoms with E-state index in [1.54, 1.807) is 7.05 Å². The van der Waals surface area contributed by atoms with Gasteiger partial charge in [0.2, 0.25) is 0 Å². The first-order chi connectivity index (χ1) is 16.4. The van der Waals surface area contributed by atoms with Gasteiger partial charge in [-0.25, -0.2) is 4.79 Å². The Hall–Kier alpha value is -4.40. The molecule has 0 bridgehead atoms. The third-order valence-corrected chi connectivity index (χ3v) is 5.64. The van der Waals surface area contributed by atoms with Crippen molar-refractivity contribution in [3.63, 3.8) is 0 Å². The summed E-state index contributed by atoms with van der Waals surface area (Å²) in [6, 6.07) is 17.5. The third-order valence-electron chi connectivity index (χ3n) is 5.64. The molecule has 0 atom stereocenters. The zero-order valence-electron chi connectivity index (χ0n) is 18.6. The lowest BCUT2D eigenvalue weighted by atomic mass is 9.98. The van der Waals surface area contributed by atoms with E-state index in [1.807, 2.05) is 36.4 Å². The largest absolute Gasteiger partial charge is 0.480 e. The van der Waals surface area contributed by atoms with E-state index in [4.69, 9.17) is 9.84 Å². The Bertz CT molecular complexity index is 1220. The lowest BCUT2D eigenvalue weighted by Crippen LogP contribution is -2.36. The molecule has 174 valence electrons. The molecule has 1 heterocycles. The van der Waals surface area contributed by atoms with Gasteiger partial charge >= 0.3 is 12.1 Å². The number of benzene rings is 2. The highest BCUT2D eigenvalue weighted by Gasteiger charge is 2.29. The Morgan fingerprint density at radius 3 is 2.35 bits per heavy atom. The molecule has 0 aliphatic heterocycles. The first kappa shape index (κ1) is 22.8. The number of carbonyl (C=O) groups is 3. The van der Waals surface area contributed by atoms with E-state index in [0.717, 1.165) is 27.2 Å². The Kier molecular flexibility index (Phi) is 6.44. The molecule has 2 N–H and O–H groups in total. The van der Waals surface area contributed by atoms with Crippen LogP contribution in [0.2, 0.25) is 0 Å². The molecule has 1 aromatic heterocycles. The second kappa shape index (κ2) is 9.62. The Balaban J connectivity index is 1.43. The molecule has 1 aliphatic rings. The highest BCUT2D eigenvalue weighted by atomic mass is 16.5. The summed E-state index contributed by atoms with van der Waals surface area (Å²) in [5.41, 5.74) is 4.47. The number of carboxylic acids is 1. The average Bonchev–Trinajstić information content (AvgIpc) is 3.34. The van der Waals surface area contributed by atoms with Crippen LogP contribution in [-0.4, -0.2) is 57.5 Å². The van der Waals surface area contributed by atoms with Crippen LogP contribution in [0.25, 0.3) is 11.1 Å². The van der Waals surface area contributed by atoms with Gasteiger partial charge in [0.25, 0.3) is 5.91 Å². The minimum atomic E-state index is -1.15. The molecular formula is C25H24N4O5. The number of fused-ring (bicyclic) bond motifs is 3. The first-order valence-electron chi connectivity index (χ1n) is 10.7. The topological polar surface area (TPSA) is 114 Å². The monoisotopic (exact) mass is 460 g/mol. The molecule has 9 nitrogen and oxygen atoms in total. The summed E-state index contributed by atoms with van der Waals surface area (Å²) < 4.78 is 6.85. The van der Waals surface area contributed by atoms with Crippen LogP contribution in [0.4, 0.5) is 10.6 Å². The van der Waals surface area contributed by atoms with E-state index >= 15 is 0 Å². The third kappa shape index (κ3) is 4.54. The number of nitrogens with one attached hydrogen (secondary N) is 1. The molecule has 2 amide bonds. The number of aliphatic carboxylic acids is 1. The predicted molar refractivity (Wildman–Crippen MR) is 126 cm³/mol. The van der Waals surface area contributed by atoms with Crippen LogP contribution in [0.3, 0.4) is 0 Å². The van der Waals surface area contributed by atoms with Gasteiger partial charge in [0.15, 0.2) is 5.69 Å². The molecule has 3 aromatic rings. The molecule has 34 heavy (non-hydrogen) atoms. The first-order valence-corrected chi connectivity index (χ1v) is 10.7. The maximum Gasteiger partial charge on any atom is 0.412 e. The second-order valence-electron chi connectivity index (χ2n) is 7.86. The van der Waals surface area contributed by atoms with Gasteiger partial charge in [-0.1, -0.05) is 54.6 Å². The van der Waals surface area contributed by atoms with Gasteiger partial charge < -0.3 is 14.7 Å². The zero-order valence-corrected chi connectivity index (χ0v) is 18.6. The van der Waals surface area contributed by atoms with Gasteiger partial charge in [0.05, 0.1) is 0 Å². The number of carbonyl (C=O) groups excluding carboxylic acids is 2. The summed E-state index contributed by atoms with van der Waals surface area (Å²) in [5.74, 6) is -1.57. The second-order valence-corrected chi connectivity index (χ2v) is 7.86. The molecule has 0 radical (unpaired) electrons. The van der Waals surface area contributed by atoms with Crippen molar-refractivity contribution < 1.29 is 24.2 Å². The van der Waals surface area contributed by atoms with Gasteiger partial charge in [-0.2, -0.15) is 5.10 Å². The molecule has 0 saturated heterocycles. The lowest BCUT2D eigenvalue weighted by molar-refractivity contribution is -0.137. The molecule has 9 heteroatoms. The number of aryl methyl sites for hydroxylation is 1. The highest BCUT2D eigenvalue weighted by Crippen LogP contribution is 2.44. The van der Waals surface area contributed by atoms with Crippen molar-refractivity contribution in [3.8, 4) is 11.1 Å². The van der Waals surface area contributed by atoms with Crippen LogP contribution in [0.15, 0.2) is 67.3 Å². The van der Waals surface area contributed by atoms with Crippen molar-refractivity contribution in [2.75, 3.05) is 25.0 Å². The number of hydrogen-bond donors (Lipinski definition) is 2. The maximum absolute atomic E-state index is 12.7. The zero-order chi connectivity index (χ0) is 24.2. The van der Waals surface area contributed by atoms with Crippen molar-refractivity contribution in [1.82, 2.24) is 14.7 Å². The van der Waals surface area contributed by atoms with E-state index in [2.05, 4.69) is 29.1 Å². The fourth-order valence-corrected chi connectivity index (χ4v) is 4.13. The van der Waals surface area contributed by atoms with E-state index in [0.29, 0.717) is 0 Å². The fraction of sp³-hybridized carbons (Fsp3) is 0.200. The molecule has 0 fully saturated rings. The van der Waals surface area contributed by atoms with Crippen LogP contribution < -0.4 is 5.32 Å². The van der Waals surface area contributed by atoms with Gasteiger partial charge in [0, 0.05) is 25.6 Å². The number of ether oxygens (including phenoxy) is 1. The van der Waals surface area contributed by atoms with Crippen LogP contribution in [0.5, 0.6) is 0 Å². The number of rotatable bonds is 8. The molecule has 0 spiro atoms. The van der Waals surface area contributed by atoms with Gasteiger partial charge in [-0.15, -0.1) is 6.58 Å². The average molecular weight is 460 g/mol. The standard InChI is InChI=1S/C25H24N4O5/c1-3-12-29(14-23(30)31)24(32)21-13-22(28(2)27-21)26-25(33)34-15-20-18-10-6-4-8-16(18)17-9-5-7-11-19(17)20/h3-11,13,20H,1,12,14-15H2,2H3,(H,26,33)(H,30,31). The number of hydrogen-bond acceptors (Lipinski definition) is 5. The number of nitrogens with zero attached hydrogens (tertiary/aromatic N) is 3. The smallest absolute Gasteiger partial charge is 0.412 e. The van der Waals surface area contributed by atoms with Gasteiger partial charge in [0.1, 0.15) is 19.0 Å². The number of anilines is 1. The minimum Gasteiger partial charge on any atom is -0.480 e. The van der Waals surface area contributed by atoms with Crippen LogP contribution in [0, 0.1) is 0 Å². The van der Waals surface area contributed by atoms with E-state index in [9.17, 15) is 14.4 Å². The van der Waals surface area contributed by atoms with Crippen molar-refractivity contribution >= 4 is 23.8 Å². The van der Waals surface area contributed by atoms with Crippen molar-refractivity contribution in [1.29, 1.82) is 0 Å². The lowest BCUT2D eigenvalue weighted by Gasteiger charge is -2.17. The molecule has 0 unspecified atom stereocenters. The molecular weight excluding hydrogens is 436 g/mol.